The maximum Gasteiger partial charge on any atom is 0.305 e. The van der Waals surface area contributed by atoms with Gasteiger partial charge >= 0.3 is 5.97 Å². The van der Waals surface area contributed by atoms with Gasteiger partial charge in [-0.15, -0.1) is 0 Å². The quantitative estimate of drug-likeness (QED) is 0.668. The number of methoxy groups -OCH3 is 1. The minimum atomic E-state index is -0.317. The molecule has 0 aromatic heterocycles. The first-order valence-corrected chi connectivity index (χ1v) is 5.42. The molecule has 0 amide bonds. The highest BCUT2D eigenvalue weighted by molar-refractivity contribution is 5.95. The fourth-order valence-electron chi connectivity index (χ4n) is 2.07. The van der Waals surface area contributed by atoms with Gasteiger partial charge < -0.3 is 4.74 Å². The van der Waals surface area contributed by atoms with Gasteiger partial charge in [0, 0.05) is 11.8 Å². The largest absolute Gasteiger partial charge is 0.469 e. The van der Waals surface area contributed by atoms with E-state index in [4.69, 9.17) is 0 Å². The molecule has 0 N–H and O–H groups in total. The van der Waals surface area contributed by atoms with Gasteiger partial charge in [0.05, 0.1) is 7.11 Å². The summed E-state index contributed by atoms with van der Waals surface area (Å²) in [5.41, 5.74) is -0.317. The molecule has 15 heavy (non-hydrogen) atoms. The van der Waals surface area contributed by atoms with Gasteiger partial charge in [-0.2, -0.15) is 0 Å². The zero-order valence-electron chi connectivity index (χ0n) is 9.41. The number of rotatable bonds is 4. The smallest absolute Gasteiger partial charge is 0.305 e. The molecule has 84 valence electrons. The summed E-state index contributed by atoms with van der Waals surface area (Å²) in [6.45, 7) is 2.01. The van der Waals surface area contributed by atoms with Crippen LogP contribution in [0.3, 0.4) is 0 Å². The molecule has 1 aliphatic carbocycles. The summed E-state index contributed by atoms with van der Waals surface area (Å²) in [6, 6.07) is 0. The Balaban J connectivity index is 2.64. The standard InChI is InChI=1S/C12H18O3/c1-3-12(9-7-11(14)15-2)8-5-4-6-10(12)13/h4,6H,3,5,7-9H2,1-2H3/t12-/m0/s1. The predicted octanol–water partition coefficient (Wildman–Crippen LogP) is 2.26. The second-order valence-electron chi connectivity index (χ2n) is 4.02. The predicted molar refractivity (Wildman–Crippen MR) is 57.4 cm³/mol. The topological polar surface area (TPSA) is 43.4 Å². The summed E-state index contributed by atoms with van der Waals surface area (Å²) in [4.78, 5) is 22.9. The molecule has 0 saturated carbocycles. The van der Waals surface area contributed by atoms with E-state index in [1.54, 1.807) is 6.08 Å². The van der Waals surface area contributed by atoms with Gasteiger partial charge in [0.15, 0.2) is 5.78 Å². The summed E-state index contributed by atoms with van der Waals surface area (Å²) in [5.74, 6) is -0.0645. The molecule has 0 unspecified atom stereocenters. The molecule has 0 heterocycles. The zero-order valence-corrected chi connectivity index (χ0v) is 9.41. The van der Waals surface area contributed by atoms with E-state index in [2.05, 4.69) is 4.74 Å². The number of hydrogen-bond acceptors (Lipinski definition) is 3. The highest BCUT2D eigenvalue weighted by Gasteiger charge is 2.36. The molecule has 0 saturated heterocycles. The molecule has 1 rings (SSSR count). The molecule has 0 bridgehead atoms. The van der Waals surface area contributed by atoms with Crippen molar-refractivity contribution in [3.8, 4) is 0 Å². The van der Waals surface area contributed by atoms with E-state index in [0.29, 0.717) is 12.8 Å². The van der Waals surface area contributed by atoms with Crippen LogP contribution in [0.5, 0.6) is 0 Å². The first-order chi connectivity index (χ1) is 7.14. The molecular formula is C12H18O3. The highest BCUT2D eigenvalue weighted by atomic mass is 16.5. The van der Waals surface area contributed by atoms with E-state index in [9.17, 15) is 9.59 Å². The third-order valence-electron chi connectivity index (χ3n) is 3.29. The highest BCUT2D eigenvalue weighted by Crippen LogP contribution is 2.37. The van der Waals surface area contributed by atoms with Crippen molar-refractivity contribution in [3.05, 3.63) is 12.2 Å². The van der Waals surface area contributed by atoms with Crippen molar-refractivity contribution in [1.82, 2.24) is 0 Å². The van der Waals surface area contributed by atoms with Crippen molar-refractivity contribution in [3.63, 3.8) is 0 Å². The number of esters is 1. The fraction of sp³-hybridized carbons (Fsp3) is 0.667. The van der Waals surface area contributed by atoms with Gasteiger partial charge in [-0.05, 0) is 31.8 Å². The number of allylic oxidation sites excluding steroid dienone is 2. The van der Waals surface area contributed by atoms with Crippen LogP contribution in [0.2, 0.25) is 0 Å². The van der Waals surface area contributed by atoms with Crippen LogP contribution in [0, 0.1) is 5.41 Å². The Kier molecular flexibility index (Phi) is 4.06. The first kappa shape index (κ1) is 12.0. The maximum absolute atomic E-state index is 11.8. The Morgan fingerprint density at radius 2 is 2.33 bits per heavy atom. The number of hydrogen-bond donors (Lipinski definition) is 0. The fourth-order valence-corrected chi connectivity index (χ4v) is 2.07. The van der Waals surface area contributed by atoms with Gasteiger partial charge in [-0.3, -0.25) is 9.59 Å². The lowest BCUT2D eigenvalue weighted by Gasteiger charge is -2.31. The Labute approximate surface area is 90.5 Å². The van der Waals surface area contributed by atoms with Crippen molar-refractivity contribution in [2.24, 2.45) is 5.41 Å². The van der Waals surface area contributed by atoms with Crippen LogP contribution >= 0.6 is 0 Å². The molecule has 0 aromatic rings. The summed E-state index contributed by atoms with van der Waals surface area (Å²) < 4.78 is 4.60. The van der Waals surface area contributed by atoms with Crippen LogP contribution in [-0.2, 0) is 14.3 Å². The third kappa shape index (κ3) is 2.67. The van der Waals surface area contributed by atoms with Crippen LogP contribution in [0.25, 0.3) is 0 Å². The molecule has 0 aromatic carbocycles. The number of carbonyl (C=O) groups excluding carboxylic acids is 2. The summed E-state index contributed by atoms with van der Waals surface area (Å²) in [7, 11) is 1.38. The molecule has 0 aliphatic heterocycles. The summed E-state index contributed by atoms with van der Waals surface area (Å²) in [5, 5.41) is 0. The van der Waals surface area contributed by atoms with Gasteiger partial charge in [-0.1, -0.05) is 13.0 Å². The zero-order chi connectivity index (χ0) is 11.3. The molecule has 3 heteroatoms. The summed E-state index contributed by atoms with van der Waals surface area (Å²) >= 11 is 0. The minimum absolute atomic E-state index is 0.167. The summed E-state index contributed by atoms with van der Waals surface area (Å²) in [6.07, 6.45) is 7.10. The van der Waals surface area contributed by atoms with E-state index in [1.165, 1.54) is 7.11 Å². The second kappa shape index (κ2) is 5.10. The van der Waals surface area contributed by atoms with Crippen LogP contribution in [0.15, 0.2) is 12.2 Å². The first-order valence-electron chi connectivity index (χ1n) is 5.42. The Bertz CT molecular complexity index is 281. The lowest BCUT2D eigenvalue weighted by atomic mass is 9.71. The van der Waals surface area contributed by atoms with E-state index >= 15 is 0 Å². The molecular weight excluding hydrogens is 192 g/mol. The average molecular weight is 210 g/mol. The Hall–Kier alpha value is -1.12. The Morgan fingerprint density at radius 1 is 1.60 bits per heavy atom. The molecule has 0 spiro atoms. The van der Waals surface area contributed by atoms with Crippen molar-refractivity contribution < 1.29 is 14.3 Å². The van der Waals surface area contributed by atoms with Crippen molar-refractivity contribution in [2.75, 3.05) is 7.11 Å². The molecule has 1 atom stereocenters. The van der Waals surface area contributed by atoms with Gasteiger partial charge in [0.2, 0.25) is 0 Å². The van der Waals surface area contributed by atoms with Gasteiger partial charge in [0.25, 0.3) is 0 Å². The van der Waals surface area contributed by atoms with Gasteiger partial charge in [-0.25, -0.2) is 0 Å². The monoisotopic (exact) mass is 210 g/mol. The van der Waals surface area contributed by atoms with Crippen LogP contribution in [-0.4, -0.2) is 18.9 Å². The molecule has 3 nitrogen and oxygen atoms in total. The van der Waals surface area contributed by atoms with E-state index in [1.807, 2.05) is 13.0 Å². The SMILES string of the molecule is CC[C@@]1(CCC(=O)OC)CCC=CC1=O. The third-order valence-corrected chi connectivity index (χ3v) is 3.29. The molecule has 0 fully saturated rings. The second-order valence-corrected chi connectivity index (χ2v) is 4.02. The lowest BCUT2D eigenvalue weighted by Crippen LogP contribution is -2.32. The molecule has 0 radical (unpaired) electrons. The average Bonchev–Trinajstić information content (AvgIpc) is 2.28. The van der Waals surface area contributed by atoms with Crippen molar-refractivity contribution in [1.29, 1.82) is 0 Å². The normalized spacial score (nSPS) is 25.3. The van der Waals surface area contributed by atoms with Crippen LogP contribution in [0.1, 0.15) is 39.0 Å². The minimum Gasteiger partial charge on any atom is -0.469 e. The maximum atomic E-state index is 11.8. The lowest BCUT2D eigenvalue weighted by molar-refractivity contribution is -0.141. The number of ether oxygens (including phenoxy) is 1. The molecule has 1 aliphatic rings. The number of ketones is 1. The number of carbonyl (C=O) groups is 2. The Morgan fingerprint density at radius 3 is 2.87 bits per heavy atom. The van der Waals surface area contributed by atoms with Gasteiger partial charge in [0.1, 0.15) is 0 Å². The van der Waals surface area contributed by atoms with E-state index in [-0.39, 0.29) is 17.2 Å². The van der Waals surface area contributed by atoms with Crippen molar-refractivity contribution >= 4 is 11.8 Å². The van der Waals surface area contributed by atoms with Crippen molar-refractivity contribution in [2.45, 2.75) is 39.0 Å². The van der Waals surface area contributed by atoms with E-state index < -0.39 is 0 Å². The van der Waals surface area contributed by atoms with Crippen LogP contribution in [0.4, 0.5) is 0 Å². The van der Waals surface area contributed by atoms with E-state index in [0.717, 1.165) is 19.3 Å². The van der Waals surface area contributed by atoms with Crippen LogP contribution < -0.4 is 0 Å².